The summed E-state index contributed by atoms with van der Waals surface area (Å²) in [5.41, 5.74) is 9.95. The Morgan fingerprint density at radius 3 is 2.23 bits per heavy atom. The van der Waals surface area contributed by atoms with Crippen LogP contribution in [0.4, 0.5) is 17.2 Å². The summed E-state index contributed by atoms with van der Waals surface area (Å²) in [5, 5.41) is 0. The fraction of sp³-hybridized carbons (Fsp3) is 0.105. The topological polar surface area (TPSA) is 42.1 Å². The van der Waals surface area contributed by atoms with Gasteiger partial charge >= 0.3 is 0 Å². The largest absolute Gasteiger partial charge is 0.397 e. The molecule has 0 aliphatic heterocycles. The van der Waals surface area contributed by atoms with Crippen molar-refractivity contribution in [3.8, 4) is 0 Å². The minimum Gasteiger partial charge on any atom is -0.397 e. The van der Waals surface area contributed by atoms with Gasteiger partial charge in [0.2, 0.25) is 0 Å². The molecular formula is C19H19N3. The summed E-state index contributed by atoms with van der Waals surface area (Å²) < 4.78 is 0. The molecular weight excluding hydrogens is 270 g/mol. The molecule has 3 rings (SSSR count). The number of hydrogen-bond donors (Lipinski definition) is 1. The summed E-state index contributed by atoms with van der Waals surface area (Å²) in [5.74, 6) is 0.934. The predicted octanol–water partition coefficient (Wildman–Crippen LogP) is 4.31. The van der Waals surface area contributed by atoms with Gasteiger partial charge in [-0.25, -0.2) is 4.98 Å². The monoisotopic (exact) mass is 289 g/mol. The number of nitrogen functional groups attached to an aromatic ring is 1. The van der Waals surface area contributed by atoms with Crippen molar-refractivity contribution in [2.24, 2.45) is 0 Å². The van der Waals surface area contributed by atoms with Gasteiger partial charge in [-0.1, -0.05) is 48.5 Å². The van der Waals surface area contributed by atoms with Crippen LogP contribution in [0.2, 0.25) is 0 Å². The molecule has 0 amide bonds. The Hall–Kier alpha value is -2.81. The highest BCUT2D eigenvalue weighted by Gasteiger charge is 2.13. The molecule has 0 radical (unpaired) electrons. The number of pyridine rings is 1. The standard InChI is InChI=1S/C19H19N3/c1-15-12-17(20)13-21-19(15)22(18-10-6-3-7-11-18)14-16-8-4-2-5-9-16/h2-13H,14,20H2,1H3. The lowest BCUT2D eigenvalue weighted by Gasteiger charge is -2.25. The quantitative estimate of drug-likeness (QED) is 0.778. The number of para-hydroxylation sites is 1. The molecule has 0 atom stereocenters. The van der Waals surface area contributed by atoms with Crippen molar-refractivity contribution in [2.45, 2.75) is 13.5 Å². The van der Waals surface area contributed by atoms with Crippen LogP contribution < -0.4 is 10.6 Å². The number of aromatic nitrogens is 1. The molecule has 3 nitrogen and oxygen atoms in total. The maximum absolute atomic E-state index is 5.84. The third kappa shape index (κ3) is 3.09. The summed E-state index contributed by atoms with van der Waals surface area (Å²) in [6, 6.07) is 22.7. The summed E-state index contributed by atoms with van der Waals surface area (Å²) in [7, 11) is 0. The Bertz CT molecular complexity index is 739. The first-order valence-electron chi connectivity index (χ1n) is 7.32. The van der Waals surface area contributed by atoms with Crippen LogP contribution in [-0.4, -0.2) is 4.98 Å². The van der Waals surface area contributed by atoms with E-state index >= 15 is 0 Å². The zero-order valence-corrected chi connectivity index (χ0v) is 12.6. The van der Waals surface area contributed by atoms with E-state index in [4.69, 9.17) is 5.73 Å². The lowest BCUT2D eigenvalue weighted by molar-refractivity contribution is 0.939. The molecule has 22 heavy (non-hydrogen) atoms. The van der Waals surface area contributed by atoms with E-state index in [-0.39, 0.29) is 0 Å². The van der Waals surface area contributed by atoms with Gasteiger partial charge in [-0.3, -0.25) is 0 Å². The summed E-state index contributed by atoms with van der Waals surface area (Å²) in [4.78, 5) is 6.76. The Balaban J connectivity index is 2.03. The van der Waals surface area contributed by atoms with Crippen LogP contribution in [0.5, 0.6) is 0 Å². The van der Waals surface area contributed by atoms with Crippen LogP contribution in [-0.2, 0) is 6.54 Å². The fourth-order valence-corrected chi connectivity index (χ4v) is 2.53. The SMILES string of the molecule is Cc1cc(N)cnc1N(Cc1ccccc1)c1ccccc1. The molecule has 3 aromatic rings. The highest BCUT2D eigenvalue weighted by atomic mass is 15.2. The Labute approximate surface area is 131 Å². The molecule has 0 saturated carbocycles. The number of nitrogens with zero attached hydrogens (tertiary/aromatic N) is 2. The number of aryl methyl sites for hydroxylation is 1. The van der Waals surface area contributed by atoms with Gasteiger partial charge in [0.1, 0.15) is 5.82 Å². The van der Waals surface area contributed by atoms with Crippen molar-refractivity contribution in [1.29, 1.82) is 0 Å². The van der Waals surface area contributed by atoms with E-state index in [1.54, 1.807) is 6.20 Å². The molecule has 0 bridgehead atoms. The summed E-state index contributed by atoms with van der Waals surface area (Å²) in [6.45, 7) is 2.81. The first-order chi connectivity index (χ1) is 10.7. The second-order valence-electron chi connectivity index (χ2n) is 5.32. The van der Waals surface area contributed by atoms with Gasteiger partial charge in [-0.05, 0) is 36.2 Å². The molecule has 0 unspecified atom stereocenters. The molecule has 3 heteroatoms. The van der Waals surface area contributed by atoms with Crippen molar-refractivity contribution >= 4 is 17.2 Å². The second-order valence-corrected chi connectivity index (χ2v) is 5.32. The first-order valence-corrected chi connectivity index (χ1v) is 7.32. The van der Waals surface area contributed by atoms with E-state index in [2.05, 4.69) is 46.3 Å². The lowest BCUT2D eigenvalue weighted by Crippen LogP contribution is -2.18. The smallest absolute Gasteiger partial charge is 0.136 e. The minimum atomic E-state index is 0.689. The van der Waals surface area contributed by atoms with Crippen LogP contribution in [0, 0.1) is 6.92 Å². The highest BCUT2D eigenvalue weighted by molar-refractivity contribution is 5.64. The second kappa shape index (κ2) is 6.31. The van der Waals surface area contributed by atoms with Gasteiger partial charge < -0.3 is 10.6 Å². The molecule has 2 N–H and O–H groups in total. The molecule has 2 aromatic carbocycles. The van der Waals surface area contributed by atoms with Crippen molar-refractivity contribution in [3.63, 3.8) is 0 Å². The third-order valence-corrected chi connectivity index (χ3v) is 3.58. The number of benzene rings is 2. The first kappa shape index (κ1) is 14.1. The summed E-state index contributed by atoms with van der Waals surface area (Å²) >= 11 is 0. The number of rotatable bonds is 4. The third-order valence-electron chi connectivity index (χ3n) is 3.58. The van der Waals surface area contributed by atoms with Crippen LogP contribution in [0.15, 0.2) is 72.9 Å². The lowest BCUT2D eigenvalue weighted by atomic mass is 10.1. The van der Waals surface area contributed by atoms with E-state index in [0.717, 1.165) is 23.6 Å². The average Bonchev–Trinajstić information content (AvgIpc) is 2.55. The zero-order valence-electron chi connectivity index (χ0n) is 12.6. The van der Waals surface area contributed by atoms with Crippen LogP contribution >= 0.6 is 0 Å². The van der Waals surface area contributed by atoms with E-state index < -0.39 is 0 Å². The highest BCUT2D eigenvalue weighted by Crippen LogP contribution is 2.29. The maximum Gasteiger partial charge on any atom is 0.136 e. The Morgan fingerprint density at radius 1 is 0.955 bits per heavy atom. The molecule has 0 aliphatic rings. The maximum atomic E-state index is 5.84. The predicted molar refractivity (Wildman–Crippen MR) is 92.1 cm³/mol. The van der Waals surface area contributed by atoms with Crippen molar-refractivity contribution in [3.05, 3.63) is 84.1 Å². The van der Waals surface area contributed by atoms with Crippen molar-refractivity contribution in [1.82, 2.24) is 4.98 Å². The Kier molecular flexibility index (Phi) is 4.05. The number of hydrogen-bond acceptors (Lipinski definition) is 3. The molecule has 0 fully saturated rings. The molecule has 1 aromatic heterocycles. The minimum absolute atomic E-state index is 0.689. The summed E-state index contributed by atoms with van der Waals surface area (Å²) in [6.07, 6.45) is 1.71. The van der Waals surface area contributed by atoms with Gasteiger partial charge in [-0.2, -0.15) is 0 Å². The van der Waals surface area contributed by atoms with Gasteiger partial charge in [0.05, 0.1) is 11.9 Å². The molecule has 0 saturated heterocycles. The van der Waals surface area contributed by atoms with Gasteiger partial charge in [-0.15, -0.1) is 0 Å². The van der Waals surface area contributed by atoms with E-state index in [9.17, 15) is 0 Å². The molecule has 0 aliphatic carbocycles. The number of nitrogens with two attached hydrogens (primary N) is 1. The number of anilines is 3. The molecule has 1 heterocycles. The average molecular weight is 289 g/mol. The van der Waals surface area contributed by atoms with Crippen molar-refractivity contribution in [2.75, 3.05) is 10.6 Å². The van der Waals surface area contributed by atoms with E-state index in [1.807, 2.05) is 37.3 Å². The fourth-order valence-electron chi connectivity index (χ4n) is 2.53. The van der Waals surface area contributed by atoms with Crippen LogP contribution in [0.1, 0.15) is 11.1 Å². The normalized spacial score (nSPS) is 10.4. The van der Waals surface area contributed by atoms with E-state index in [0.29, 0.717) is 5.69 Å². The van der Waals surface area contributed by atoms with Crippen LogP contribution in [0.3, 0.4) is 0 Å². The zero-order chi connectivity index (χ0) is 15.4. The Morgan fingerprint density at radius 2 is 1.59 bits per heavy atom. The van der Waals surface area contributed by atoms with Crippen LogP contribution in [0.25, 0.3) is 0 Å². The van der Waals surface area contributed by atoms with Crippen molar-refractivity contribution < 1.29 is 0 Å². The van der Waals surface area contributed by atoms with Gasteiger partial charge in [0.25, 0.3) is 0 Å². The molecule has 110 valence electrons. The van der Waals surface area contributed by atoms with Gasteiger partial charge in [0.15, 0.2) is 0 Å². The van der Waals surface area contributed by atoms with Gasteiger partial charge in [0, 0.05) is 12.2 Å². The molecule has 0 spiro atoms. The van der Waals surface area contributed by atoms with E-state index in [1.165, 1.54) is 5.56 Å².